The minimum atomic E-state index is -0.674. The summed E-state index contributed by atoms with van der Waals surface area (Å²) in [7, 11) is 0. The number of ether oxygens (including phenoxy) is 1. The van der Waals surface area contributed by atoms with Crippen LogP contribution in [0.3, 0.4) is 0 Å². The van der Waals surface area contributed by atoms with Gasteiger partial charge in [-0.25, -0.2) is 0 Å². The molecule has 0 aliphatic carbocycles. The van der Waals surface area contributed by atoms with Gasteiger partial charge in [0, 0.05) is 18.8 Å². The molecule has 1 amide bonds. The molecule has 0 aromatic heterocycles. The smallest absolute Gasteiger partial charge is 0.238 e. The maximum Gasteiger partial charge on any atom is 0.238 e. The quantitative estimate of drug-likeness (QED) is 0.657. The van der Waals surface area contributed by atoms with Crippen molar-refractivity contribution in [2.45, 2.75) is 33.8 Å². The molecule has 2 rings (SSSR count). The average molecular weight is 385 g/mol. The summed E-state index contributed by atoms with van der Waals surface area (Å²) in [4.78, 5) is 14.6. The van der Waals surface area contributed by atoms with Crippen LogP contribution in [0.25, 0.3) is 0 Å². The van der Waals surface area contributed by atoms with E-state index in [4.69, 9.17) is 4.74 Å². The summed E-state index contributed by atoms with van der Waals surface area (Å²) in [6, 6.07) is 15.4. The highest BCUT2D eigenvalue weighted by Gasteiger charge is 2.18. The molecule has 152 valence electrons. The fourth-order valence-electron chi connectivity index (χ4n) is 3.17. The predicted octanol–water partition coefficient (Wildman–Crippen LogP) is 3.64. The van der Waals surface area contributed by atoms with Crippen molar-refractivity contribution in [1.82, 2.24) is 4.90 Å². The fourth-order valence-corrected chi connectivity index (χ4v) is 3.17. The van der Waals surface area contributed by atoms with E-state index in [-0.39, 0.29) is 19.1 Å². The van der Waals surface area contributed by atoms with Crippen molar-refractivity contribution in [3.63, 3.8) is 0 Å². The normalized spacial score (nSPS) is 12.2. The van der Waals surface area contributed by atoms with E-state index in [1.54, 1.807) is 0 Å². The van der Waals surface area contributed by atoms with E-state index in [1.807, 2.05) is 67.3 Å². The molecule has 0 spiro atoms. The molecule has 28 heavy (non-hydrogen) atoms. The predicted molar refractivity (Wildman–Crippen MR) is 114 cm³/mol. The Balaban J connectivity index is 1.91. The van der Waals surface area contributed by atoms with Crippen molar-refractivity contribution in [3.8, 4) is 5.75 Å². The zero-order valence-electron chi connectivity index (χ0n) is 17.3. The Labute approximate surface area is 168 Å². The molecule has 0 fully saturated rings. The first-order valence-corrected chi connectivity index (χ1v) is 9.79. The van der Waals surface area contributed by atoms with Crippen molar-refractivity contribution in [2.24, 2.45) is 5.92 Å². The number of nitrogens with one attached hydrogen (secondary N) is 1. The van der Waals surface area contributed by atoms with E-state index in [0.29, 0.717) is 12.5 Å². The number of aliphatic hydroxyl groups excluding tert-OH is 1. The molecule has 0 bridgehead atoms. The van der Waals surface area contributed by atoms with Crippen LogP contribution in [0, 0.1) is 19.8 Å². The van der Waals surface area contributed by atoms with Crippen LogP contribution in [0.1, 0.15) is 25.0 Å². The third-order valence-corrected chi connectivity index (χ3v) is 4.39. The van der Waals surface area contributed by atoms with Gasteiger partial charge >= 0.3 is 0 Å². The van der Waals surface area contributed by atoms with Crippen LogP contribution >= 0.6 is 0 Å². The van der Waals surface area contributed by atoms with Crippen LogP contribution in [0.5, 0.6) is 5.75 Å². The molecule has 5 heteroatoms. The second kappa shape index (κ2) is 10.8. The molecule has 0 aliphatic rings. The largest absolute Gasteiger partial charge is 0.491 e. The van der Waals surface area contributed by atoms with Crippen molar-refractivity contribution >= 4 is 11.6 Å². The van der Waals surface area contributed by atoms with Crippen LogP contribution in [0.2, 0.25) is 0 Å². The lowest BCUT2D eigenvalue weighted by molar-refractivity contribution is -0.117. The van der Waals surface area contributed by atoms with Crippen LogP contribution in [0.4, 0.5) is 5.69 Å². The van der Waals surface area contributed by atoms with Crippen LogP contribution in [-0.2, 0) is 4.79 Å². The van der Waals surface area contributed by atoms with E-state index < -0.39 is 6.10 Å². The molecule has 2 aromatic rings. The molecule has 1 atom stereocenters. The van der Waals surface area contributed by atoms with Gasteiger partial charge < -0.3 is 15.2 Å². The molecule has 0 heterocycles. The van der Waals surface area contributed by atoms with Crippen molar-refractivity contribution in [3.05, 3.63) is 59.7 Å². The van der Waals surface area contributed by atoms with Gasteiger partial charge in [0.25, 0.3) is 0 Å². The molecule has 0 saturated heterocycles. The first kappa shape index (κ1) is 21.9. The Morgan fingerprint density at radius 2 is 1.68 bits per heavy atom. The number of aliphatic hydroxyl groups is 1. The van der Waals surface area contributed by atoms with Crippen LogP contribution in [0.15, 0.2) is 48.5 Å². The van der Waals surface area contributed by atoms with E-state index in [9.17, 15) is 9.90 Å². The maximum absolute atomic E-state index is 12.6. The summed E-state index contributed by atoms with van der Waals surface area (Å²) in [5, 5.41) is 13.4. The summed E-state index contributed by atoms with van der Waals surface area (Å²) in [6.07, 6.45) is -0.674. The van der Waals surface area contributed by atoms with Gasteiger partial charge in [-0.2, -0.15) is 0 Å². The Kier molecular flexibility index (Phi) is 8.48. The highest BCUT2D eigenvalue weighted by molar-refractivity contribution is 5.93. The second-order valence-electron chi connectivity index (χ2n) is 7.68. The zero-order valence-corrected chi connectivity index (χ0v) is 17.3. The first-order valence-electron chi connectivity index (χ1n) is 9.79. The van der Waals surface area contributed by atoms with Gasteiger partial charge in [-0.3, -0.25) is 9.69 Å². The first-order chi connectivity index (χ1) is 13.3. The number of amides is 1. The zero-order chi connectivity index (χ0) is 20.5. The van der Waals surface area contributed by atoms with Crippen molar-refractivity contribution < 1.29 is 14.6 Å². The van der Waals surface area contributed by atoms with E-state index in [1.165, 1.54) is 0 Å². The molecule has 0 saturated carbocycles. The highest BCUT2D eigenvalue weighted by atomic mass is 16.5. The topological polar surface area (TPSA) is 61.8 Å². The van der Waals surface area contributed by atoms with Gasteiger partial charge in [-0.05, 0) is 43.0 Å². The molecule has 0 radical (unpaired) electrons. The number of benzene rings is 2. The van der Waals surface area contributed by atoms with Crippen LogP contribution < -0.4 is 10.1 Å². The SMILES string of the molecule is Cc1cccc(C)c1NC(=O)CN(CC(C)C)C[C@@H](O)COc1ccccc1. The monoisotopic (exact) mass is 384 g/mol. The number of carbonyl (C=O) groups is 1. The second-order valence-corrected chi connectivity index (χ2v) is 7.68. The molecular formula is C23H32N2O3. The number of hydrogen-bond donors (Lipinski definition) is 2. The maximum atomic E-state index is 12.6. The molecule has 0 unspecified atom stereocenters. The molecule has 5 nitrogen and oxygen atoms in total. The number of nitrogens with zero attached hydrogens (tertiary/aromatic N) is 1. The fraction of sp³-hybridized carbons (Fsp3) is 0.435. The Morgan fingerprint density at radius 3 is 2.29 bits per heavy atom. The number of hydrogen-bond acceptors (Lipinski definition) is 4. The van der Waals surface area contributed by atoms with Gasteiger partial charge in [0.2, 0.25) is 5.91 Å². The summed E-state index contributed by atoms with van der Waals surface area (Å²) in [5.41, 5.74) is 2.95. The molecule has 2 N–H and O–H groups in total. The minimum Gasteiger partial charge on any atom is -0.491 e. The lowest BCUT2D eigenvalue weighted by Gasteiger charge is -2.26. The summed E-state index contributed by atoms with van der Waals surface area (Å²) < 4.78 is 5.63. The van der Waals surface area contributed by atoms with Crippen molar-refractivity contribution in [2.75, 3.05) is 31.6 Å². The number of anilines is 1. The lowest BCUT2D eigenvalue weighted by Crippen LogP contribution is -2.42. The molecule has 2 aromatic carbocycles. The summed E-state index contributed by atoms with van der Waals surface area (Å²) >= 11 is 0. The lowest BCUT2D eigenvalue weighted by atomic mass is 10.1. The van der Waals surface area contributed by atoms with Gasteiger partial charge in [0.05, 0.1) is 6.54 Å². The van der Waals surface area contributed by atoms with E-state index in [0.717, 1.165) is 29.1 Å². The third kappa shape index (κ3) is 7.33. The Hall–Kier alpha value is -2.37. The van der Waals surface area contributed by atoms with Gasteiger partial charge in [-0.1, -0.05) is 50.2 Å². The van der Waals surface area contributed by atoms with E-state index >= 15 is 0 Å². The van der Waals surface area contributed by atoms with Crippen LogP contribution in [-0.4, -0.2) is 48.3 Å². The standard InChI is InChI=1S/C23H32N2O3/c1-17(2)13-25(14-20(26)16-28-21-11-6-5-7-12-21)15-22(27)24-23-18(3)9-8-10-19(23)4/h5-12,17,20,26H,13-16H2,1-4H3,(H,24,27)/t20-/m1/s1. The minimum absolute atomic E-state index is 0.0748. The molecule has 0 aliphatic heterocycles. The highest BCUT2D eigenvalue weighted by Crippen LogP contribution is 2.19. The summed E-state index contributed by atoms with van der Waals surface area (Å²) in [6.45, 7) is 9.70. The molecular weight excluding hydrogens is 352 g/mol. The number of para-hydroxylation sites is 2. The number of carbonyl (C=O) groups excluding carboxylic acids is 1. The van der Waals surface area contributed by atoms with Gasteiger partial charge in [0.1, 0.15) is 18.5 Å². The number of aryl methyl sites for hydroxylation is 2. The van der Waals surface area contributed by atoms with Crippen molar-refractivity contribution in [1.29, 1.82) is 0 Å². The third-order valence-electron chi connectivity index (χ3n) is 4.39. The van der Waals surface area contributed by atoms with E-state index in [2.05, 4.69) is 19.2 Å². The summed E-state index contributed by atoms with van der Waals surface area (Å²) in [5.74, 6) is 1.04. The van der Waals surface area contributed by atoms with Gasteiger partial charge in [-0.15, -0.1) is 0 Å². The Morgan fingerprint density at radius 1 is 1.04 bits per heavy atom. The Bertz CT molecular complexity index is 727. The number of rotatable bonds is 10. The average Bonchev–Trinajstić information content (AvgIpc) is 2.63. The van der Waals surface area contributed by atoms with Gasteiger partial charge in [0.15, 0.2) is 0 Å².